The number of hydrogen-bond acceptors (Lipinski definition) is 4. The third kappa shape index (κ3) is 5.26. The molecule has 1 amide bonds. The van der Waals surface area contributed by atoms with Gasteiger partial charge in [-0.05, 0) is 55.7 Å². The number of anilines is 1. The molecule has 5 heteroatoms. The number of amides is 1. The molecule has 0 saturated carbocycles. The van der Waals surface area contributed by atoms with Gasteiger partial charge in [-0.25, -0.2) is 0 Å². The highest BCUT2D eigenvalue weighted by molar-refractivity contribution is 5.81. The molecule has 1 saturated heterocycles. The Balaban J connectivity index is 1.42. The van der Waals surface area contributed by atoms with Crippen LogP contribution in [-0.4, -0.2) is 56.7 Å². The maximum absolute atomic E-state index is 12.5. The molecule has 1 unspecified atom stereocenters. The van der Waals surface area contributed by atoms with Crippen molar-refractivity contribution in [2.75, 3.05) is 44.7 Å². The predicted molar refractivity (Wildman–Crippen MR) is 114 cm³/mol. The third-order valence-corrected chi connectivity index (χ3v) is 5.48. The van der Waals surface area contributed by atoms with Crippen LogP contribution < -0.4 is 15.0 Å². The molecule has 150 valence electrons. The SMILES string of the molecule is COc1ccc(CCNC(=O)C(C)N2CCN(c3cccc(C)c3)CC2)cc1. The van der Waals surface area contributed by atoms with E-state index >= 15 is 0 Å². The van der Waals surface area contributed by atoms with Crippen molar-refractivity contribution in [3.63, 3.8) is 0 Å². The average Bonchev–Trinajstić information content (AvgIpc) is 2.73. The van der Waals surface area contributed by atoms with Crippen molar-refractivity contribution in [3.8, 4) is 5.75 Å². The van der Waals surface area contributed by atoms with Crippen molar-refractivity contribution in [2.24, 2.45) is 0 Å². The summed E-state index contributed by atoms with van der Waals surface area (Å²) in [7, 11) is 1.66. The predicted octanol–water partition coefficient (Wildman–Crippen LogP) is 2.87. The highest BCUT2D eigenvalue weighted by Gasteiger charge is 2.25. The summed E-state index contributed by atoms with van der Waals surface area (Å²) in [5, 5.41) is 3.08. The zero-order valence-corrected chi connectivity index (χ0v) is 17.1. The van der Waals surface area contributed by atoms with Crippen molar-refractivity contribution in [1.29, 1.82) is 0 Å². The monoisotopic (exact) mass is 381 g/mol. The van der Waals surface area contributed by atoms with E-state index in [4.69, 9.17) is 4.74 Å². The lowest BCUT2D eigenvalue weighted by Crippen LogP contribution is -2.54. The first-order valence-corrected chi connectivity index (χ1v) is 10.0. The van der Waals surface area contributed by atoms with Gasteiger partial charge >= 0.3 is 0 Å². The van der Waals surface area contributed by atoms with Crippen LogP contribution in [0.5, 0.6) is 5.75 Å². The minimum Gasteiger partial charge on any atom is -0.497 e. The fraction of sp³-hybridized carbons (Fsp3) is 0.435. The smallest absolute Gasteiger partial charge is 0.237 e. The van der Waals surface area contributed by atoms with Gasteiger partial charge in [0.25, 0.3) is 0 Å². The van der Waals surface area contributed by atoms with E-state index in [1.807, 2.05) is 31.2 Å². The molecular formula is C23H31N3O2. The molecule has 2 aromatic carbocycles. The topological polar surface area (TPSA) is 44.8 Å². The zero-order chi connectivity index (χ0) is 19.9. The van der Waals surface area contributed by atoms with Gasteiger partial charge in [-0.3, -0.25) is 9.69 Å². The molecule has 0 spiro atoms. The Morgan fingerprint density at radius 1 is 1.11 bits per heavy atom. The van der Waals surface area contributed by atoms with Crippen LogP contribution in [0.3, 0.4) is 0 Å². The number of rotatable bonds is 7. The number of hydrogen-bond donors (Lipinski definition) is 1. The van der Waals surface area contributed by atoms with Gasteiger partial charge in [0.15, 0.2) is 0 Å². The molecule has 2 aromatic rings. The van der Waals surface area contributed by atoms with Crippen LogP contribution in [0.4, 0.5) is 5.69 Å². The Kier molecular flexibility index (Phi) is 6.93. The molecule has 0 bridgehead atoms. The number of carbonyl (C=O) groups is 1. The van der Waals surface area contributed by atoms with Gasteiger partial charge in [0.05, 0.1) is 13.2 Å². The van der Waals surface area contributed by atoms with Gasteiger partial charge < -0.3 is 15.0 Å². The van der Waals surface area contributed by atoms with Crippen molar-refractivity contribution in [2.45, 2.75) is 26.3 Å². The lowest BCUT2D eigenvalue weighted by Gasteiger charge is -2.38. The summed E-state index contributed by atoms with van der Waals surface area (Å²) in [5.74, 6) is 0.962. The summed E-state index contributed by atoms with van der Waals surface area (Å²) in [5.41, 5.74) is 3.75. The zero-order valence-electron chi connectivity index (χ0n) is 17.1. The van der Waals surface area contributed by atoms with Crippen LogP contribution in [0.25, 0.3) is 0 Å². The molecule has 1 aliphatic heterocycles. The molecule has 0 aromatic heterocycles. The van der Waals surface area contributed by atoms with Crippen LogP contribution in [0.2, 0.25) is 0 Å². The summed E-state index contributed by atoms with van der Waals surface area (Å²) in [4.78, 5) is 17.2. The molecule has 1 atom stereocenters. The maximum atomic E-state index is 12.5. The summed E-state index contributed by atoms with van der Waals surface area (Å²) >= 11 is 0. The molecule has 1 N–H and O–H groups in total. The number of piperazine rings is 1. The highest BCUT2D eigenvalue weighted by atomic mass is 16.5. The number of ether oxygens (including phenoxy) is 1. The first-order valence-electron chi connectivity index (χ1n) is 10.0. The van der Waals surface area contributed by atoms with Gasteiger partial charge in [-0.15, -0.1) is 0 Å². The Morgan fingerprint density at radius 2 is 1.82 bits per heavy atom. The molecule has 1 fully saturated rings. The summed E-state index contributed by atoms with van der Waals surface area (Å²) < 4.78 is 5.17. The molecule has 0 aliphatic carbocycles. The highest BCUT2D eigenvalue weighted by Crippen LogP contribution is 2.18. The molecule has 1 aliphatic rings. The number of carbonyl (C=O) groups excluding carboxylic acids is 1. The Bertz CT molecular complexity index is 768. The molecule has 1 heterocycles. The number of benzene rings is 2. The number of nitrogens with zero attached hydrogens (tertiary/aromatic N) is 2. The van der Waals surface area contributed by atoms with Gasteiger partial charge in [0.2, 0.25) is 5.91 Å². The maximum Gasteiger partial charge on any atom is 0.237 e. The number of aryl methyl sites for hydroxylation is 1. The summed E-state index contributed by atoms with van der Waals surface area (Å²) in [6.45, 7) is 8.49. The Morgan fingerprint density at radius 3 is 2.46 bits per heavy atom. The third-order valence-electron chi connectivity index (χ3n) is 5.48. The minimum absolute atomic E-state index is 0.101. The van der Waals surface area contributed by atoms with Crippen LogP contribution >= 0.6 is 0 Å². The van der Waals surface area contributed by atoms with E-state index in [9.17, 15) is 4.79 Å². The fourth-order valence-corrected chi connectivity index (χ4v) is 3.63. The van der Waals surface area contributed by atoms with Crippen molar-refractivity contribution in [3.05, 3.63) is 59.7 Å². The van der Waals surface area contributed by atoms with E-state index in [2.05, 4.69) is 46.3 Å². The van der Waals surface area contributed by atoms with E-state index in [0.717, 1.165) is 38.3 Å². The Labute approximate surface area is 168 Å². The first kappa shape index (κ1) is 20.2. The van der Waals surface area contributed by atoms with E-state index in [1.54, 1.807) is 7.11 Å². The lowest BCUT2D eigenvalue weighted by atomic mass is 10.1. The van der Waals surface area contributed by atoms with Crippen LogP contribution in [0.1, 0.15) is 18.1 Å². The van der Waals surface area contributed by atoms with Gasteiger partial charge in [-0.1, -0.05) is 24.3 Å². The van der Waals surface area contributed by atoms with Crippen LogP contribution in [0, 0.1) is 6.92 Å². The number of nitrogens with one attached hydrogen (secondary N) is 1. The van der Waals surface area contributed by atoms with E-state index in [1.165, 1.54) is 16.8 Å². The van der Waals surface area contributed by atoms with Crippen LogP contribution in [-0.2, 0) is 11.2 Å². The molecule has 5 nitrogen and oxygen atoms in total. The number of methoxy groups -OCH3 is 1. The molecule has 3 rings (SSSR count). The van der Waals surface area contributed by atoms with Crippen molar-refractivity contribution < 1.29 is 9.53 Å². The quantitative estimate of drug-likeness (QED) is 0.801. The summed E-state index contributed by atoms with van der Waals surface area (Å²) in [6, 6.07) is 16.5. The molecule has 28 heavy (non-hydrogen) atoms. The van der Waals surface area contributed by atoms with E-state index in [-0.39, 0.29) is 11.9 Å². The average molecular weight is 382 g/mol. The van der Waals surface area contributed by atoms with E-state index in [0.29, 0.717) is 6.54 Å². The Hall–Kier alpha value is -2.53. The molecule has 0 radical (unpaired) electrons. The van der Waals surface area contributed by atoms with Gasteiger partial charge in [-0.2, -0.15) is 0 Å². The van der Waals surface area contributed by atoms with E-state index < -0.39 is 0 Å². The largest absolute Gasteiger partial charge is 0.497 e. The van der Waals surface area contributed by atoms with Crippen LogP contribution in [0.15, 0.2) is 48.5 Å². The van der Waals surface area contributed by atoms with Gasteiger partial charge in [0, 0.05) is 38.4 Å². The minimum atomic E-state index is -0.101. The molecular weight excluding hydrogens is 350 g/mol. The second-order valence-corrected chi connectivity index (χ2v) is 7.43. The second-order valence-electron chi connectivity index (χ2n) is 7.43. The first-order chi connectivity index (χ1) is 13.6. The fourth-order valence-electron chi connectivity index (χ4n) is 3.63. The van der Waals surface area contributed by atoms with Crippen molar-refractivity contribution >= 4 is 11.6 Å². The summed E-state index contributed by atoms with van der Waals surface area (Å²) in [6.07, 6.45) is 0.823. The van der Waals surface area contributed by atoms with Gasteiger partial charge in [0.1, 0.15) is 5.75 Å². The second kappa shape index (κ2) is 9.60. The van der Waals surface area contributed by atoms with Crippen molar-refractivity contribution in [1.82, 2.24) is 10.2 Å². The normalized spacial score (nSPS) is 15.9. The lowest BCUT2D eigenvalue weighted by molar-refractivity contribution is -0.125. The standard InChI is InChI=1S/C23H31N3O2/c1-18-5-4-6-21(17-18)26-15-13-25(14-16-26)19(2)23(27)24-12-11-20-7-9-22(28-3)10-8-20/h4-10,17,19H,11-16H2,1-3H3,(H,24,27).